The Labute approximate surface area is 153 Å². The number of benzene rings is 1. The maximum absolute atomic E-state index is 12.4. The van der Waals surface area contributed by atoms with Crippen LogP contribution in [0.5, 0.6) is 0 Å². The molecule has 1 N–H and O–H groups in total. The number of nitrogens with one attached hydrogen (secondary N) is 1. The largest absolute Gasteiger partial charge is 0.494 e. The zero-order valence-electron chi connectivity index (χ0n) is 15.2. The highest BCUT2D eigenvalue weighted by molar-refractivity contribution is 6.62. The third kappa shape index (κ3) is 3.47. The lowest BCUT2D eigenvalue weighted by Crippen LogP contribution is -2.41. The molecule has 1 aliphatic heterocycles. The minimum atomic E-state index is -0.467. The molecule has 1 aliphatic rings. The van der Waals surface area contributed by atoms with Crippen LogP contribution >= 0.6 is 0 Å². The van der Waals surface area contributed by atoms with E-state index in [9.17, 15) is 4.79 Å². The van der Waals surface area contributed by atoms with Gasteiger partial charge in [0.2, 0.25) is 0 Å². The summed E-state index contributed by atoms with van der Waals surface area (Å²) in [6, 6.07) is 12.2. The zero-order chi connectivity index (χ0) is 18.9. The van der Waals surface area contributed by atoms with Gasteiger partial charge in [-0.3, -0.25) is 4.79 Å². The quantitative estimate of drug-likeness (QED) is 0.861. The molecule has 1 saturated heterocycles. The van der Waals surface area contributed by atoms with Gasteiger partial charge in [-0.05, 0) is 57.4 Å². The average Bonchev–Trinajstić information content (AvgIpc) is 2.83. The summed E-state index contributed by atoms with van der Waals surface area (Å²) in [7, 11) is -0.467. The number of anilines is 1. The van der Waals surface area contributed by atoms with Crippen LogP contribution in [-0.2, 0) is 9.31 Å². The minimum Gasteiger partial charge on any atom is -0.399 e. The number of carbonyl (C=O) groups excluding carboxylic acids is 1. The lowest BCUT2D eigenvalue weighted by molar-refractivity contribution is 0.00578. The van der Waals surface area contributed by atoms with Crippen LogP contribution in [0.25, 0.3) is 0 Å². The first-order valence-corrected chi connectivity index (χ1v) is 8.35. The second-order valence-electron chi connectivity index (χ2n) is 7.21. The predicted molar refractivity (Wildman–Crippen MR) is 99.1 cm³/mol. The van der Waals surface area contributed by atoms with Crippen molar-refractivity contribution in [2.24, 2.45) is 0 Å². The van der Waals surface area contributed by atoms with E-state index in [0.29, 0.717) is 16.9 Å². The van der Waals surface area contributed by atoms with Crippen molar-refractivity contribution in [3.63, 3.8) is 0 Å². The molecule has 26 heavy (non-hydrogen) atoms. The number of nitriles is 1. The molecule has 1 aromatic heterocycles. The number of pyridine rings is 1. The van der Waals surface area contributed by atoms with Gasteiger partial charge in [0, 0.05) is 11.8 Å². The van der Waals surface area contributed by atoms with E-state index >= 15 is 0 Å². The topological polar surface area (TPSA) is 84.2 Å². The maximum Gasteiger partial charge on any atom is 0.494 e. The molecule has 0 bridgehead atoms. The molecule has 132 valence electrons. The summed E-state index contributed by atoms with van der Waals surface area (Å²) in [6.45, 7) is 7.99. The number of aromatic nitrogens is 1. The number of rotatable bonds is 3. The van der Waals surface area contributed by atoms with Crippen molar-refractivity contribution in [3.8, 4) is 6.07 Å². The molecule has 6 nitrogen and oxygen atoms in total. The SMILES string of the molecule is CC1(C)OB(c2ccc(C(=O)Nc3cc(C#N)ccn3)cc2)OC1(C)C. The first kappa shape index (κ1) is 18.1. The van der Waals surface area contributed by atoms with Gasteiger partial charge in [-0.2, -0.15) is 5.26 Å². The lowest BCUT2D eigenvalue weighted by atomic mass is 9.79. The Morgan fingerprint density at radius 1 is 1.12 bits per heavy atom. The monoisotopic (exact) mass is 349 g/mol. The van der Waals surface area contributed by atoms with Gasteiger partial charge in [-0.1, -0.05) is 12.1 Å². The van der Waals surface area contributed by atoms with Gasteiger partial charge in [0.1, 0.15) is 5.82 Å². The van der Waals surface area contributed by atoms with Crippen LogP contribution in [0.4, 0.5) is 5.82 Å². The number of nitrogens with zero attached hydrogens (tertiary/aromatic N) is 2. The fourth-order valence-corrected chi connectivity index (χ4v) is 2.53. The van der Waals surface area contributed by atoms with Crippen molar-refractivity contribution >= 4 is 24.3 Å². The van der Waals surface area contributed by atoms with Crippen LogP contribution in [0.15, 0.2) is 42.6 Å². The summed E-state index contributed by atoms with van der Waals surface area (Å²) in [5, 5.41) is 11.6. The Hall–Kier alpha value is -2.69. The van der Waals surface area contributed by atoms with E-state index in [1.807, 2.05) is 45.9 Å². The molecule has 1 fully saturated rings. The van der Waals surface area contributed by atoms with Gasteiger partial charge in [0.25, 0.3) is 5.91 Å². The third-order valence-electron chi connectivity index (χ3n) is 4.83. The molecule has 0 spiro atoms. The molecule has 2 heterocycles. The summed E-state index contributed by atoms with van der Waals surface area (Å²) in [5.74, 6) is 0.0390. The first-order chi connectivity index (χ1) is 12.2. The van der Waals surface area contributed by atoms with Gasteiger partial charge in [0.15, 0.2) is 0 Å². The van der Waals surface area contributed by atoms with Crippen LogP contribution in [0.3, 0.4) is 0 Å². The molecule has 1 aromatic carbocycles. The third-order valence-corrected chi connectivity index (χ3v) is 4.83. The van der Waals surface area contributed by atoms with E-state index in [-0.39, 0.29) is 5.91 Å². The van der Waals surface area contributed by atoms with Crippen molar-refractivity contribution in [1.82, 2.24) is 4.98 Å². The van der Waals surface area contributed by atoms with Crippen LogP contribution in [0.2, 0.25) is 0 Å². The van der Waals surface area contributed by atoms with E-state index in [4.69, 9.17) is 14.6 Å². The van der Waals surface area contributed by atoms with Gasteiger partial charge in [0.05, 0.1) is 22.8 Å². The number of carbonyl (C=O) groups is 1. The fraction of sp³-hybridized carbons (Fsp3) is 0.316. The Morgan fingerprint density at radius 2 is 1.73 bits per heavy atom. The highest BCUT2D eigenvalue weighted by Crippen LogP contribution is 2.36. The Bertz CT molecular complexity index is 856. The fourth-order valence-electron chi connectivity index (χ4n) is 2.53. The van der Waals surface area contributed by atoms with Crippen molar-refractivity contribution in [1.29, 1.82) is 5.26 Å². The average molecular weight is 349 g/mol. The minimum absolute atomic E-state index is 0.298. The van der Waals surface area contributed by atoms with Crippen LogP contribution in [0.1, 0.15) is 43.6 Å². The number of amides is 1. The molecular formula is C19H20BN3O3. The Balaban J connectivity index is 1.72. The summed E-state index contributed by atoms with van der Waals surface area (Å²) in [5.41, 5.74) is 0.946. The molecule has 0 aliphatic carbocycles. The zero-order valence-corrected chi connectivity index (χ0v) is 15.2. The van der Waals surface area contributed by atoms with E-state index in [0.717, 1.165) is 5.46 Å². The van der Waals surface area contributed by atoms with E-state index in [1.54, 1.807) is 18.2 Å². The molecule has 1 amide bonds. The molecule has 0 unspecified atom stereocenters. The van der Waals surface area contributed by atoms with Crippen molar-refractivity contribution < 1.29 is 14.1 Å². The molecule has 0 saturated carbocycles. The first-order valence-electron chi connectivity index (χ1n) is 8.35. The van der Waals surface area contributed by atoms with Crippen molar-refractivity contribution in [3.05, 3.63) is 53.7 Å². The second-order valence-corrected chi connectivity index (χ2v) is 7.21. The highest BCUT2D eigenvalue weighted by atomic mass is 16.7. The van der Waals surface area contributed by atoms with Gasteiger partial charge >= 0.3 is 7.12 Å². The van der Waals surface area contributed by atoms with Crippen LogP contribution < -0.4 is 10.8 Å². The Morgan fingerprint density at radius 3 is 2.31 bits per heavy atom. The number of hydrogen-bond donors (Lipinski definition) is 1. The van der Waals surface area contributed by atoms with Gasteiger partial charge in [-0.25, -0.2) is 4.98 Å². The summed E-state index contributed by atoms with van der Waals surface area (Å²) in [6.07, 6.45) is 1.48. The van der Waals surface area contributed by atoms with Crippen molar-refractivity contribution in [2.75, 3.05) is 5.32 Å². The summed E-state index contributed by atoms with van der Waals surface area (Å²) >= 11 is 0. The normalized spacial score (nSPS) is 17.6. The van der Waals surface area contributed by atoms with E-state index < -0.39 is 18.3 Å². The Kier molecular flexibility index (Phi) is 4.57. The summed E-state index contributed by atoms with van der Waals surface area (Å²) < 4.78 is 12.0. The molecule has 2 aromatic rings. The summed E-state index contributed by atoms with van der Waals surface area (Å²) in [4.78, 5) is 16.4. The van der Waals surface area contributed by atoms with Gasteiger partial charge < -0.3 is 14.6 Å². The standard InChI is InChI=1S/C19H20BN3O3/c1-18(2)19(3,4)26-20(25-18)15-7-5-14(6-8-15)17(24)23-16-11-13(12-21)9-10-22-16/h5-11H,1-4H3,(H,22,23,24). The maximum atomic E-state index is 12.4. The molecule has 3 rings (SSSR count). The van der Waals surface area contributed by atoms with E-state index in [2.05, 4.69) is 10.3 Å². The predicted octanol–water partition coefficient (Wildman–Crippen LogP) is 2.50. The molecule has 0 atom stereocenters. The molecule has 0 radical (unpaired) electrons. The molecule has 7 heteroatoms. The van der Waals surface area contributed by atoms with Crippen LogP contribution in [-0.4, -0.2) is 29.2 Å². The van der Waals surface area contributed by atoms with Crippen molar-refractivity contribution in [2.45, 2.75) is 38.9 Å². The van der Waals surface area contributed by atoms with Gasteiger partial charge in [-0.15, -0.1) is 0 Å². The molecular weight excluding hydrogens is 329 g/mol. The highest BCUT2D eigenvalue weighted by Gasteiger charge is 2.51. The van der Waals surface area contributed by atoms with Crippen LogP contribution in [0, 0.1) is 11.3 Å². The van der Waals surface area contributed by atoms with E-state index in [1.165, 1.54) is 12.3 Å². The smallest absolute Gasteiger partial charge is 0.399 e. The lowest BCUT2D eigenvalue weighted by Gasteiger charge is -2.32. The number of hydrogen-bond acceptors (Lipinski definition) is 5. The second kappa shape index (κ2) is 6.56.